The zero-order valence-electron chi connectivity index (χ0n) is 14.4. The molecule has 2 aliphatic rings. The molecule has 1 N–H and O–H groups in total. The van der Waals surface area contributed by atoms with Crippen molar-refractivity contribution in [1.29, 1.82) is 0 Å². The van der Waals surface area contributed by atoms with Gasteiger partial charge in [0.15, 0.2) is 0 Å². The molecule has 0 bridgehead atoms. The summed E-state index contributed by atoms with van der Waals surface area (Å²) in [5.41, 5.74) is 4.86. The van der Waals surface area contributed by atoms with Crippen LogP contribution in [0.5, 0.6) is 5.75 Å². The van der Waals surface area contributed by atoms with Gasteiger partial charge in [-0.15, -0.1) is 0 Å². The Morgan fingerprint density at radius 1 is 1.30 bits per heavy atom. The van der Waals surface area contributed by atoms with E-state index in [1.54, 1.807) is 0 Å². The van der Waals surface area contributed by atoms with E-state index < -0.39 is 6.10 Å². The Morgan fingerprint density at radius 3 is 2.74 bits per heavy atom. The molecule has 3 rings (SSSR count). The van der Waals surface area contributed by atoms with Crippen molar-refractivity contribution < 1.29 is 19.4 Å². The zero-order valence-corrected chi connectivity index (χ0v) is 14.4. The van der Waals surface area contributed by atoms with E-state index in [1.165, 1.54) is 22.3 Å². The largest absolute Gasteiger partial charge is 0.487 e. The predicted octanol–water partition coefficient (Wildman–Crippen LogP) is 3.02. The van der Waals surface area contributed by atoms with Crippen molar-refractivity contribution in [3.63, 3.8) is 0 Å². The highest BCUT2D eigenvalue weighted by atomic mass is 16.5. The maximum Gasteiger partial charge on any atom is 0.308 e. The lowest BCUT2D eigenvalue weighted by Gasteiger charge is -2.26. The molecule has 2 aliphatic heterocycles. The summed E-state index contributed by atoms with van der Waals surface area (Å²) in [6, 6.07) is 2.22. The van der Waals surface area contributed by atoms with E-state index >= 15 is 0 Å². The van der Waals surface area contributed by atoms with E-state index in [4.69, 9.17) is 9.47 Å². The van der Waals surface area contributed by atoms with Crippen LogP contribution in [0.15, 0.2) is 6.07 Å². The first-order chi connectivity index (χ1) is 10.7. The number of cyclic esters (lactones) is 1. The van der Waals surface area contributed by atoms with Crippen LogP contribution in [0.2, 0.25) is 0 Å². The first-order valence-electron chi connectivity index (χ1n) is 8.43. The van der Waals surface area contributed by atoms with Crippen molar-refractivity contribution in [3.8, 4) is 5.75 Å². The fourth-order valence-corrected chi connectivity index (χ4v) is 3.77. The fraction of sp³-hybridized carbons (Fsp3) is 0.632. The van der Waals surface area contributed by atoms with Gasteiger partial charge in [-0.25, -0.2) is 0 Å². The van der Waals surface area contributed by atoms with Gasteiger partial charge in [-0.2, -0.15) is 0 Å². The summed E-state index contributed by atoms with van der Waals surface area (Å²) in [4.78, 5) is 11.5. The first-order valence-corrected chi connectivity index (χ1v) is 8.43. The average Bonchev–Trinajstić information content (AvgIpc) is 2.73. The third-order valence-corrected chi connectivity index (χ3v) is 4.87. The summed E-state index contributed by atoms with van der Waals surface area (Å²) in [6.45, 7) is 8.48. The summed E-state index contributed by atoms with van der Waals surface area (Å²) in [7, 11) is 0. The van der Waals surface area contributed by atoms with E-state index in [2.05, 4.69) is 33.8 Å². The van der Waals surface area contributed by atoms with Gasteiger partial charge >= 0.3 is 5.97 Å². The predicted molar refractivity (Wildman–Crippen MR) is 87.8 cm³/mol. The van der Waals surface area contributed by atoms with Crippen molar-refractivity contribution in [2.45, 2.75) is 77.6 Å². The van der Waals surface area contributed by atoms with Gasteiger partial charge in [0.25, 0.3) is 0 Å². The summed E-state index contributed by atoms with van der Waals surface area (Å²) in [5, 5.41) is 9.74. The van der Waals surface area contributed by atoms with Gasteiger partial charge in [0.2, 0.25) is 0 Å². The van der Waals surface area contributed by atoms with Crippen molar-refractivity contribution in [2.75, 3.05) is 0 Å². The average molecular weight is 318 g/mol. The first kappa shape index (κ1) is 16.3. The molecule has 4 heteroatoms. The molecule has 0 aliphatic carbocycles. The van der Waals surface area contributed by atoms with Crippen LogP contribution in [0, 0.1) is 13.8 Å². The third kappa shape index (κ3) is 3.37. The molecule has 4 nitrogen and oxygen atoms in total. The van der Waals surface area contributed by atoms with Gasteiger partial charge < -0.3 is 14.6 Å². The van der Waals surface area contributed by atoms with Crippen LogP contribution >= 0.6 is 0 Å². The highest BCUT2D eigenvalue weighted by Gasteiger charge is 2.34. The molecule has 2 atom stereocenters. The highest BCUT2D eigenvalue weighted by molar-refractivity contribution is 5.71. The van der Waals surface area contributed by atoms with Crippen LogP contribution in [0.3, 0.4) is 0 Å². The number of hydrogen-bond donors (Lipinski definition) is 1. The molecule has 0 unspecified atom stereocenters. The lowest BCUT2D eigenvalue weighted by molar-refractivity contribution is -0.160. The van der Waals surface area contributed by atoms with E-state index in [-0.39, 0.29) is 24.1 Å². The Balaban J connectivity index is 1.79. The summed E-state index contributed by atoms with van der Waals surface area (Å²) in [6.07, 6.45) is 2.34. The van der Waals surface area contributed by atoms with Crippen LogP contribution in [-0.4, -0.2) is 28.9 Å². The number of ether oxygens (including phenoxy) is 2. The molecule has 0 spiro atoms. The quantitative estimate of drug-likeness (QED) is 0.871. The minimum absolute atomic E-state index is 0.118. The molecule has 126 valence electrons. The molecular formula is C19H26O4. The minimum atomic E-state index is -0.568. The van der Waals surface area contributed by atoms with Crippen LogP contribution in [0.25, 0.3) is 0 Å². The Kier molecular flexibility index (Phi) is 4.13. The number of aliphatic hydroxyl groups is 1. The van der Waals surface area contributed by atoms with E-state index in [0.29, 0.717) is 6.42 Å². The Morgan fingerprint density at radius 2 is 2.04 bits per heavy atom. The molecule has 0 saturated carbocycles. The topological polar surface area (TPSA) is 55.8 Å². The van der Waals surface area contributed by atoms with Crippen molar-refractivity contribution in [3.05, 3.63) is 28.3 Å². The lowest BCUT2D eigenvalue weighted by Crippen LogP contribution is -2.32. The number of aryl methyl sites for hydroxylation is 2. The molecule has 0 amide bonds. The van der Waals surface area contributed by atoms with Crippen LogP contribution < -0.4 is 4.74 Å². The summed E-state index contributed by atoms with van der Waals surface area (Å²) in [5.74, 6) is 0.729. The van der Waals surface area contributed by atoms with Gasteiger partial charge in [0.1, 0.15) is 17.5 Å². The van der Waals surface area contributed by atoms with E-state index in [1.807, 2.05) is 0 Å². The minimum Gasteiger partial charge on any atom is -0.487 e. The molecule has 1 aromatic rings. The number of rotatable bonds is 3. The third-order valence-electron chi connectivity index (χ3n) is 4.87. The van der Waals surface area contributed by atoms with Crippen molar-refractivity contribution >= 4 is 5.97 Å². The number of esters is 1. The normalized spacial score (nSPS) is 25.7. The molecule has 23 heavy (non-hydrogen) atoms. The molecule has 1 aromatic carbocycles. The lowest BCUT2D eigenvalue weighted by atomic mass is 9.91. The van der Waals surface area contributed by atoms with Crippen LogP contribution in [0.1, 0.15) is 55.4 Å². The van der Waals surface area contributed by atoms with E-state index in [0.717, 1.165) is 25.0 Å². The Hall–Kier alpha value is -1.55. The fourth-order valence-electron chi connectivity index (χ4n) is 3.77. The monoisotopic (exact) mass is 318 g/mol. The summed E-state index contributed by atoms with van der Waals surface area (Å²) < 4.78 is 11.6. The number of benzene rings is 1. The van der Waals surface area contributed by atoms with Crippen molar-refractivity contribution in [2.24, 2.45) is 0 Å². The van der Waals surface area contributed by atoms with Gasteiger partial charge in [-0.3, -0.25) is 4.79 Å². The van der Waals surface area contributed by atoms with Crippen LogP contribution in [0.4, 0.5) is 0 Å². The van der Waals surface area contributed by atoms with Crippen LogP contribution in [-0.2, 0) is 22.4 Å². The number of carbonyl (C=O) groups excluding carboxylic acids is 1. The van der Waals surface area contributed by atoms with Gasteiger partial charge in [0.05, 0.1) is 12.5 Å². The smallest absolute Gasteiger partial charge is 0.308 e. The maximum absolute atomic E-state index is 11.5. The Bertz CT molecular complexity index is 633. The Labute approximate surface area is 137 Å². The molecule has 1 fully saturated rings. The number of carbonyl (C=O) groups is 1. The highest BCUT2D eigenvalue weighted by Crippen LogP contribution is 2.41. The van der Waals surface area contributed by atoms with E-state index in [9.17, 15) is 9.90 Å². The van der Waals surface area contributed by atoms with Crippen molar-refractivity contribution in [1.82, 2.24) is 0 Å². The second kappa shape index (κ2) is 5.82. The second-order valence-electron chi connectivity index (χ2n) is 7.58. The van der Waals surface area contributed by atoms with Gasteiger partial charge in [0, 0.05) is 18.4 Å². The van der Waals surface area contributed by atoms with Gasteiger partial charge in [-0.05, 0) is 57.2 Å². The molecule has 0 aromatic heterocycles. The zero-order chi connectivity index (χ0) is 16.8. The molecule has 0 radical (unpaired) electrons. The molecule has 2 heterocycles. The maximum atomic E-state index is 11.5. The number of aliphatic hydroxyl groups excluding tert-OH is 1. The molecular weight excluding hydrogens is 292 g/mol. The summed E-state index contributed by atoms with van der Waals surface area (Å²) >= 11 is 0. The molecule has 1 saturated heterocycles. The number of hydrogen-bond acceptors (Lipinski definition) is 4. The second-order valence-corrected chi connectivity index (χ2v) is 7.58. The van der Waals surface area contributed by atoms with Gasteiger partial charge in [-0.1, -0.05) is 6.07 Å². The standard InChI is InChI=1S/C19H26O4/c1-11-7-12(2)16-10-19(3,4)23-18(16)15(11)6-5-14-8-13(20)9-17(21)22-14/h7,13-14,20H,5-6,8-10H2,1-4H3/t13-,14-/m1/s1. The SMILES string of the molecule is Cc1cc(C)c2c(c1CC[C@@H]1C[C@@H](O)CC(=O)O1)OC(C)(C)C2. The number of fused-ring (bicyclic) bond motifs is 1.